The minimum Gasteiger partial charge on any atom is -0.376 e. The van der Waals surface area contributed by atoms with Crippen LogP contribution in [0.1, 0.15) is 64.1 Å². The van der Waals surface area contributed by atoms with Gasteiger partial charge < -0.3 is 10.1 Å². The Balaban J connectivity index is 3.05. The van der Waals surface area contributed by atoms with Gasteiger partial charge in [-0.05, 0) is 36.9 Å². The maximum Gasteiger partial charge on any atom is 0.0867 e. The molecule has 0 aromatic heterocycles. The molecule has 1 rings (SSSR count). The van der Waals surface area contributed by atoms with Crippen molar-refractivity contribution in [1.82, 2.24) is 5.32 Å². The first-order chi connectivity index (χ1) is 9.67. The number of hydrogen-bond donors (Lipinski definition) is 1. The van der Waals surface area contributed by atoms with Crippen molar-refractivity contribution in [3.05, 3.63) is 35.4 Å². The van der Waals surface area contributed by atoms with Crippen molar-refractivity contribution in [2.24, 2.45) is 0 Å². The fraction of sp³-hybridized carbons (Fsp3) is 0.667. The number of likely N-dealkylation sites (N-methyl/N-ethyl adjacent to an activating group) is 1. The molecule has 0 aliphatic carbocycles. The zero-order valence-electron chi connectivity index (χ0n) is 13.8. The molecule has 0 saturated heterocycles. The van der Waals surface area contributed by atoms with Gasteiger partial charge in [-0.15, -0.1) is 0 Å². The van der Waals surface area contributed by atoms with Gasteiger partial charge in [0.15, 0.2) is 0 Å². The van der Waals surface area contributed by atoms with Crippen molar-refractivity contribution in [3.63, 3.8) is 0 Å². The number of ether oxygens (including phenoxy) is 1. The van der Waals surface area contributed by atoms with Crippen LogP contribution < -0.4 is 5.32 Å². The van der Waals surface area contributed by atoms with Gasteiger partial charge in [0.25, 0.3) is 0 Å². The molecule has 0 amide bonds. The quantitative estimate of drug-likeness (QED) is 0.718. The van der Waals surface area contributed by atoms with Gasteiger partial charge in [0.05, 0.1) is 11.6 Å². The van der Waals surface area contributed by atoms with Crippen molar-refractivity contribution in [1.29, 1.82) is 0 Å². The Labute approximate surface area is 124 Å². The minimum atomic E-state index is -0.123. The predicted molar refractivity (Wildman–Crippen MR) is 87.2 cm³/mol. The van der Waals surface area contributed by atoms with E-state index >= 15 is 0 Å². The molecule has 0 saturated carbocycles. The topological polar surface area (TPSA) is 21.3 Å². The maximum absolute atomic E-state index is 5.92. The lowest BCUT2D eigenvalue weighted by Crippen LogP contribution is -2.44. The third kappa shape index (κ3) is 3.83. The Kier molecular flexibility index (Phi) is 7.25. The Bertz CT molecular complexity index is 359. The summed E-state index contributed by atoms with van der Waals surface area (Å²) in [6, 6.07) is 9.29. The first-order valence-corrected chi connectivity index (χ1v) is 8.04. The molecule has 114 valence electrons. The normalized spacial score (nSPS) is 13.4. The SMILES string of the molecule is CCCc1ccc(C(NCC)C(CC)(CC)OC)cc1. The lowest BCUT2D eigenvalue weighted by atomic mass is 9.83. The molecule has 1 aromatic carbocycles. The predicted octanol–water partition coefficient (Wildman–Crippen LogP) is 4.49. The summed E-state index contributed by atoms with van der Waals surface area (Å²) in [6.45, 7) is 9.75. The smallest absolute Gasteiger partial charge is 0.0867 e. The molecule has 0 fully saturated rings. The van der Waals surface area contributed by atoms with Crippen LogP contribution in [0.5, 0.6) is 0 Å². The molecule has 0 spiro atoms. The molecular formula is C18H31NO. The van der Waals surface area contributed by atoms with Crippen LogP contribution in [0.25, 0.3) is 0 Å². The van der Waals surface area contributed by atoms with Crippen LogP contribution >= 0.6 is 0 Å². The summed E-state index contributed by atoms with van der Waals surface area (Å²) in [5, 5.41) is 3.62. The summed E-state index contributed by atoms with van der Waals surface area (Å²) in [5.41, 5.74) is 2.63. The average molecular weight is 277 g/mol. The van der Waals surface area contributed by atoms with Gasteiger partial charge in [-0.25, -0.2) is 0 Å². The number of nitrogens with one attached hydrogen (secondary N) is 1. The lowest BCUT2D eigenvalue weighted by Gasteiger charge is -2.39. The molecule has 0 radical (unpaired) electrons. The first kappa shape index (κ1) is 17.2. The second kappa shape index (κ2) is 8.43. The van der Waals surface area contributed by atoms with Crippen molar-refractivity contribution in [2.75, 3.05) is 13.7 Å². The Hall–Kier alpha value is -0.860. The van der Waals surface area contributed by atoms with E-state index in [1.165, 1.54) is 17.5 Å². The summed E-state index contributed by atoms with van der Waals surface area (Å²) in [6.07, 6.45) is 4.37. The van der Waals surface area contributed by atoms with E-state index in [2.05, 4.69) is 57.3 Å². The Morgan fingerprint density at radius 1 is 1.05 bits per heavy atom. The van der Waals surface area contributed by atoms with Gasteiger partial charge in [-0.2, -0.15) is 0 Å². The third-order valence-electron chi connectivity index (χ3n) is 4.39. The van der Waals surface area contributed by atoms with Crippen LogP contribution in [0.2, 0.25) is 0 Å². The van der Waals surface area contributed by atoms with Crippen molar-refractivity contribution in [3.8, 4) is 0 Å². The number of benzene rings is 1. The zero-order valence-corrected chi connectivity index (χ0v) is 13.8. The van der Waals surface area contributed by atoms with Gasteiger partial charge >= 0.3 is 0 Å². The maximum atomic E-state index is 5.92. The molecule has 0 aliphatic heterocycles. The summed E-state index contributed by atoms with van der Waals surface area (Å²) in [7, 11) is 1.84. The van der Waals surface area contributed by atoms with Crippen LogP contribution in [-0.4, -0.2) is 19.3 Å². The van der Waals surface area contributed by atoms with E-state index < -0.39 is 0 Å². The van der Waals surface area contributed by atoms with Crippen LogP contribution in [0.3, 0.4) is 0 Å². The van der Waals surface area contributed by atoms with Crippen LogP contribution in [-0.2, 0) is 11.2 Å². The second-order valence-electron chi connectivity index (χ2n) is 5.46. The average Bonchev–Trinajstić information content (AvgIpc) is 2.50. The minimum absolute atomic E-state index is 0.123. The number of methoxy groups -OCH3 is 1. The highest BCUT2D eigenvalue weighted by Gasteiger charge is 2.36. The highest BCUT2D eigenvalue weighted by Crippen LogP contribution is 2.35. The fourth-order valence-corrected chi connectivity index (χ4v) is 3.04. The molecular weight excluding hydrogens is 246 g/mol. The highest BCUT2D eigenvalue weighted by molar-refractivity contribution is 5.27. The van der Waals surface area contributed by atoms with Crippen molar-refractivity contribution in [2.45, 2.75) is 65.0 Å². The molecule has 1 aromatic rings. The Morgan fingerprint density at radius 3 is 2.05 bits per heavy atom. The van der Waals surface area contributed by atoms with Crippen molar-refractivity contribution < 1.29 is 4.74 Å². The largest absolute Gasteiger partial charge is 0.376 e. The Morgan fingerprint density at radius 2 is 1.65 bits per heavy atom. The standard InChI is InChI=1S/C18H31NO/c1-6-10-15-11-13-16(14-12-15)17(19-9-4)18(7-2,8-3)20-5/h11-14,17,19H,6-10H2,1-5H3. The lowest BCUT2D eigenvalue weighted by molar-refractivity contribution is -0.0482. The number of aryl methyl sites for hydroxylation is 1. The van der Waals surface area contributed by atoms with Gasteiger partial charge in [0.1, 0.15) is 0 Å². The zero-order chi connectivity index (χ0) is 15.0. The first-order valence-electron chi connectivity index (χ1n) is 8.04. The highest BCUT2D eigenvalue weighted by atomic mass is 16.5. The number of hydrogen-bond acceptors (Lipinski definition) is 2. The van der Waals surface area contributed by atoms with Gasteiger partial charge in [-0.3, -0.25) is 0 Å². The van der Waals surface area contributed by atoms with E-state index in [0.29, 0.717) is 0 Å². The summed E-state index contributed by atoms with van der Waals surface area (Å²) < 4.78 is 5.92. The molecule has 2 heteroatoms. The van der Waals surface area contributed by atoms with Crippen LogP contribution in [0.4, 0.5) is 0 Å². The van der Waals surface area contributed by atoms with Crippen LogP contribution in [0, 0.1) is 0 Å². The molecule has 0 bridgehead atoms. The molecule has 2 nitrogen and oxygen atoms in total. The summed E-state index contributed by atoms with van der Waals surface area (Å²) in [5.74, 6) is 0. The van der Waals surface area contributed by atoms with E-state index in [-0.39, 0.29) is 11.6 Å². The second-order valence-corrected chi connectivity index (χ2v) is 5.46. The number of rotatable bonds is 9. The summed E-state index contributed by atoms with van der Waals surface area (Å²) >= 11 is 0. The van der Waals surface area contributed by atoms with E-state index in [1.807, 2.05) is 7.11 Å². The summed E-state index contributed by atoms with van der Waals surface area (Å²) in [4.78, 5) is 0. The monoisotopic (exact) mass is 277 g/mol. The van der Waals surface area contributed by atoms with Gasteiger partial charge in [0, 0.05) is 7.11 Å². The van der Waals surface area contributed by atoms with Gasteiger partial charge in [0.2, 0.25) is 0 Å². The van der Waals surface area contributed by atoms with E-state index in [0.717, 1.165) is 25.8 Å². The molecule has 1 unspecified atom stereocenters. The molecule has 1 atom stereocenters. The van der Waals surface area contributed by atoms with E-state index in [9.17, 15) is 0 Å². The molecule has 0 heterocycles. The molecule has 0 aliphatic rings. The molecule has 1 N–H and O–H groups in total. The third-order valence-corrected chi connectivity index (χ3v) is 4.39. The van der Waals surface area contributed by atoms with Gasteiger partial charge in [-0.1, -0.05) is 58.4 Å². The molecule has 20 heavy (non-hydrogen) atoms. The van der Waals surface area contributed by atoms with E-state index in [4.69, 9.17) is 4.74 Å². The van der Waals surface area contributed by atoms with Crippen LogP contribution in [0.15, 0.2) is 24.3 Å². The fourth-order valence-electron chi connectivity index (χ4n) is 3.04. The van der Waals surface area contributed by atoms with E-state index in [1.54, 1.807) is 0 Å². The van der Waals surface area contributed by atoms with Crippen molar-refractivity contribution >= 4 is 0 Å².